The van der Waals surface area contributed by atoms with Crippen molar-refractivity contribution in [3.8, 4) is 11.5 Å². The maximum atomic E-state index is 11.7. The van der Waals surface area contributed by atoms with E-state index in [2.05, 4.69) is 4.90 Å². The zero-order valence-corrected chi connectivity index (χ0v) is 9.86. The van der Waals surface area contributed by atoms with Gasteiger partial charge >= 0.3 is 0 Å². The highest BCUT2D eigenvalue weighted by Crippen LogP contribution is 2.39. The van der Waals surface area contributed by atoms with Crippen LogP contribution in [-0.2, 0) is 0 Å². The van der Waals surface area contributed by atoms with Gasteiger partial charge in [0, 0.05) is 24.7 Å². The van der Waals surface area contributed by atoms with E-state index in [1.807, 2.05) is 6.07 Å². The van der Waals surface area contributed by atoms with Gasteiger partial charge in [0.15, 0.2) is 17.3 Å². The first-order chi connectivity index (χ1) is 8.25. The molecular weight excluding hydrogens is 218 g/mol. The second-order valence-corrected chi connectivity index (χ2v) is 4.47. The molecule has 0 aliphatic carbocycles. The zero-order chi connectivity index (χ0) is 11.8. The quantitative estimate of drug-likeness (QED) is 0.734. The van der Waals surface area contributed by atoms with Gasteiger partial charge in [0.25, 0.3) is 0 Å². The number of rotatable bonds is 2. The predicted molar refractivity (Wildman–Crippen MR) is 64.0 cm³/mol. The van der Waals surface area contributed by atoms with E-state index in [0.29, 0.717) is 5.75 Å². The highest BCUT2D eigenvalue weighted by molar-refractivity contribution is 6.00. The molecule has 2 heterocycles. The van der Waals surface area contributed by atoms with E-state index in [-0.39, 0.29) is 12.6 Å². The lowest BCUT2D eigenvalue weighted by Gasteiger charge is -2.20. The monoisotopic (exact) mass is 233 g/mol. The van der Waals surface area contributed by atoms with Gasteiger partial charge in [-0.2, -0.15) is 0 Å². The summed E-state index contributed by atoms with van der Waals surface area (Å²) in [5.41, 5.74) is 1.72. The number of hydrogen-bond donors (Lipinski definition) is 0. The molecule has 0 saturated carbocycles. The summed E-state index contributed by atoms with van der Waals surface area (Å²) >= 11 is 0. The van der Waals surface area contributed by atoms with E-state index < -0.39 is 0 Å². The highest BCUT2D eigenvalue weighted by Gasteiger charge is 2.23. The molecule has 0 radical (unpaired) electrons. The third kappa shape index (κ3) is 1.73. The molecule has 1 aromatic rings. The van der Waals surface area contributed by atoms with Crippen LogP contribution in [0, 0.1) is 0 Å². The number of Topliss-reactive ketones (excluding diaryl/α,β-unsaturated/α-hetero) is 1. The Morgan fingerprint density at radius 1 is 1.18 bits per heavy atom. The summed E-state index contributed by atoms with van der Waals surface area (Å²) in [6, 6.07) is 3.74. The van der Waals surface area contributed by atoms with Crippen LogP contribution in [0.2, 0.25) is 0 Å². The van der Waals surface area contributed by atoms with Crippen molar-refractivity contribution in [1.82, 2.24) is 0 Å². The Labute approximate surface area is 100 Å². The molecule has 1 aromatic carbocycles. The van der Waals surface area contributed by atoms with Crippen molar-refractivity contribution in [3.05, 3.63) is 17.7 Å². The minimum absolute atomic E-state index is 0.0743. The number of carbonyl (C=O) groups is 1. The van der Waals surface area contributed by atoms with Crippen molar-refractivity contribution in [2.75, 3.05) is 24.8 Å². The molecule has 0 unspecified atom stereocenters. The van der Waals surface area contributed by atoms with Crippen molar-refractivity contribution >= 4 is 11.5 Å². The number of ether oxygens (including phenoxy) is 2. The number of anilines is 1. The molecule has 0 atom stereocenters. The molecule has 2 aliphatic heterocycles. The van der Waals surface area contributed by atoms with Gasteiger partial charge < -0.3 is 14.4 Å². The van der Waals surface area contributed by atoms with Crippen molar-refractivity contribution < 1.29 is 14.3 Å². The molecular formula is C13H15NO3. The average molecular weight is 233 g/mol. The van der Waals surface area contributed by atoms with Crippen LogP contribution in [0.5, 0.6) is 11.5 Å². The van der Waals surface area contributed by atoms with E-state index in [1.165, 1.54) is 12.8 Å². The molecule has 1 fully saturated rings. The van der Waals surface area contributed by atoms with E-state index in [0.717, 1.165) is 30.1 Å². The standard InChI is InChI=1S/C13H15NO3/c1-9(15)10-6-12-13(17-8-16-12)7-11(10)14-4-2-3-5-14/h6-7H,2-5,8H2,1H3. The van der Waals surface area contributed by atoms with Crippen LogP contribution in [0.3, 0.4) is 0 Å². The van der Waals surface area contributed by atoms with Crippen LogP contribution in [-0.4, -0.2) is 25.7 Å². The van der Waals surface area contributed by atoms with E-state index in [9.17, 15) is 4.79 Å². The normalized spacial score (nSPS) is 17.6. The summed E-state index contributed by atoms with van der Waals surface area (Å²) < 4.78 is 10.7. The van der Waals surface area contributed by atoms with Crippen molar-refractivity contribution in [3.63, 3.8) is 0 Å². The first kappa shape index (κ1) is 10.4. The summed E-state index contributed by atoms with van der Waals surface area (Å²) in [7, 11) is 0. The summed E-state index contributed by atoms with van der Waals surface area (Å²) in [5.74, 6) is 1.50. The van der Waals surface area contributed by atoms with Gasteiger partial charge in [0.2, 0.25) is 6.79 Å². The third-order valence-electron chi connectivity index (χ3n) is 3.32. The first-order valence-corrected chi connectivity index (χ1v) is 5.95. The maximum absolute atomic E-state index is 11.7. The highest BCUT2D eigenvalue weighted by atomic mass is 16.7. The number of fused-ring (bicyclic) bond motifs is 1. The lowest BCUT2D eigenvalue weighted by molar-refractivity contribution is 0.101. The first-order valence-electron chi connectivity index (χ1n) is 5.95. The fourth-order valence-corrected chi connectivity index (χ4v) is 2.43. The van der Waals surface area contributed by atoms with Gasteiger partial charge in [0.05, 0.1) is 5.69 Å². The van der Waals surface area contributed by atoms with Crippen molar-refractivity contribution in [1.29, 1.82) is 0 Å². The molecule has 3 rings (SSSR count). The Hall–Kier alpha value is -1.71. The summed E-state index contributed by atoms with van der Waals surface area (Å²) in [6.07, 6.45) is 2.37. The van der Waals surface area contributed by atoms with Crippen LogP contribution in [0.15, 0.2) is 12.1 Å². The molecule has 0 N–H and O–H groups in total. The lowest BCUT2D eigenvalue weighted by atomic mass is 10.1. The van der Waals surface area contributed by atoms with Gasteiger partial charge in [-0.15, -0.1) is 0 Å². The molecule has 0 aromatic heterocycles. The fourth-order valence-electron chi connectivity index (χ4n) is 2.43. The van der Waals surface area contributed by atoms with Gasteiger partial charge in [-0.25, -0.2) is 0 Å². The van der Waals surface area contributed by atoms with Crippen LogP contribution in [0.25, 0.3) is 0 Å². The number of carbonyl (C=O) groups excluding carboxylic acids is 1. The Morgan fingerprint density at radius 3 is 2.47 bits per heavy atom. The Kier molecular flexibility index (Phi) is 2.42. The number of nitrogens with zero attached hydrogens (tertiary/aromatic N) is 1. The SMILES string of the molecule is CC(=O)c1cc2c(cc1N1CCCC1)OCO2. The fraction of sp³-hybridized carbons (Fsp3) is 0.462. The summed E-state index contributed by atoms with van der Waals surface area (Å²) in [6.45, 7) is 3.87. The Balaban J connectivity index is 2.07. The minimum atomic E-state index is 0.0743. The maximum Gasteiger partial charge on any atom is 0.231 e. The van der Waals surface area contributed by atoms with Crippen molar-refractivity contribution in [2.24, 2.45) is 0 Å². The van der Waals surface area contributed by atoms with E-state index in [4.69, 9.17) is 9.47 Å². The van der Waals surface area contributed by atoms with Crippen molar-refractivity contribution in [2.45, 2.75) is 19.8 Å². The molecule has 4 heteroatoms. The Bertz CT molecular complexity index is 464. The molecule has 2 aliphatic rings. The zero-order valence-electron chi connectivity index (χ0n) is 9.86. The Morgan fingerprint density at radius 2 is 1.82 bits per heavy atom. The lowest BCUT2D eigenvalue weighted by Crippen LogP contribution is -2.20. The van der Waals surface area contributed by atoms with Crippen LogP contribution in [0.4, 0.5) is 5.69 Å². The van der Waals surface area contributed by atoms with Crippen LogP contribution < -0.4 is 14.4 Å². The van der Waals surface area contributed by atoms with Gasteiger partial charge in [-0.1, -0.05) is 0 Å². The molecule has 17 heavy (non-hydrogen) atoms. The minimum Gasteiger partial charge on any atom is -0.454 e. The van der Waals surface area contributed by atoms with Gasteiger partial charge in [-0.3, -0.25) is 4.79 Å². The van der Waals surface area contributed by atoms with Crippen LogP contribution >= 0.6 is 0 Å². The number of hydrogen-bond acceptors (Lipinski definition) is 4. The number of benzene rings is 1. The average Bonchev–Trinajstić information content (AvgIpc) is 2.98. The molecule has 1 saturated heterocycles. The van der Waals surface area contributed by atoms with E-state index >= 15 is 0 Å². The third-order valence-corrected chi connectivity index (χ3v) is 3.32. The number of ketones is 1. The molecule has 90 valence electrons. The second kappa shape index (κ2) is 3.95. The predicted octanol–water partition coefficient (Wildman–Crippen LogP) is 2.22. The van der Waals surface area contributed by atoms with Crippen LogP contribution in [0.1, 0.15) is 30.1 Å². The molecule has 0 bridgehead atoms. The topological polar surface area (TPSA) is 38.8 Å². The molecule has 0 spiro atoms. The second-order valence-electron chi connectivity index (χ2n) is 4.47. The summed E-state index contributed by atoms with van der Waals surface area (Å²) in [5, 5.41) is 0. The summed E-state index contributed by atoms with van der Waals surface area (Å²) in [4.78, 5) is 13.9. The van der Waals surface area contributed by atoms with Gasteiger partial charge in [-0.05, 0) is 25.8 Å². The molecule has 4 nitrogen and oxygen atoms in total. The smallest absolute Gasteiger partial charge is 0.231 e. The van der Waals surface area contributed by atoms with E-state index in [1.54, 1.807) is 13.0 Å². The van der Waals surface area contributed by atoms with Gasteiger partial charge in [0.1, 0.15) is 0 Å². The molecule has 0 amide bonds. The largest absolute Gasteiger partial charge is 0.454 e.